The van der Waals surface area contributed by atoms with Gasteiger partial charge in [0.05, 0.1) is 19.8 Å². The molecule has 1 heterocycles. The van der Waals surface area contributed by atoms with Crippen LogP contribution in [0.15, 0.2) is 10.5 Å². The third-order valence-corrected chi connectivity index (χ3v) is 2.46. The van der Waals surface area contributed by atoms with Gasteiger partial charge in [0.25, 0.3) is 0 Å². The van der Waals surface area contributed by atoms with Crippen LogP contribution in [-0.2, 0) is 22.6 Å². The maximum absolute atomic E-state index is 5.71. The normalized spacial score (nSPS) is 11.0. The fourth-order valence-electron chi connectivity index (χ4n) is 1.53. The van der Waals surface area contributed by atoms with Crippen molar-refractivity contribution in [2.75, 3.05) is 26.9 Å². The number of hydrogen-bond donors (Lipinski definition) is 1. The molecule has 17 heavy (non-hydrogen) atoms. The Bertz CT molecular complexity index is 310. The van der Waals surface area contributed by atoms with E-state index in [2.05, 4.69) is 19.2 Å². The van der Waals surface area contributed by atoms with E-state index in [4.69, 9.17) is 13.9 Å². The molecule has 0 aliphatic carbocycles. The second-order valence-electron chi connectivity index (χ2n) is 4.04. The Morgan fingerprint density at radius 2 is 2.18 bits per heavy atom. The molecule has 0 saturated carbocycles. The average molecular weight is 241 g/mol. The van der Waals surface area contributed by atoms with Crippen molar-refractivity contribution in [3.8, 4) is 0 Å². The average Bonchev–Trinajstić information content (AvgIpc) is 2.66. The van der Waals surface area contributed by atoms with Crippen molar-refractivity contribution in [2.24, 2.45) is 0 Å². The van der Waals surface area contributed by atoms with Gasteiger partial charge < -0.3 is 19.2 Å². The highest BCUT2D eigenvalue weighted by Gasteiger charge is 2.07. The fraction of sp³-hybridized carbons (Fsp3) is 0.692. The van der Waals surface area contributed by atoms with Gasteiger partial charge in [0.2, 0.25) is 0 Å². The summed E-state index contributed by atoms with van der Waals surface area (Å²) in [6.07, 6.45) is 1.13. The quantitative estimate of drug-likeness (QED) is 0.673. The summed E-state index contributed by atoms with van der Waals surface area (Å²) >= 11 is 0. The van der Waals surface area contributed by atoms with Crippen molar-refractivity contribution in [2.45, 2.75) is 33.4 Å². The first-order chi connectivity index (χ1) is 8.27. The predicted molar refractivity (Wildman–Crippen MR) is 67.0 cm³/mol. The van der Waals surface area contributed by atoms with Gasteiger partial charge in [-0.1, -0.05) is 6.92 Å². The molecule has 4 heteroatoms. The molecule has 0 saturated heterocycles. The van der Waals surface area contributed by atoms with Gasteiger partial charge in [-0.05, 0) is 31.5 Å². The van der Waals surface area contributed by atoms with E-state index in [-0.39, 0.29) is 0 Å². The van der Waals surface area contributed by atoms with Crippen LogP contribution in [0.4, 0.5) is 0 Å². The van der Waals surface area contributed by atoms with Crippen molar-refractivity contribution in [1.82, 2.24) is 5.32 Å². The van der Waals surface area contributed by atoms with Gasteiger partial charge in [-0.2, -0.15) is 0 Å². The van der Waals surface area contributed by atoms with Crippen LogP contribution < -0.4 is 5.32 Å². The van der Waals surface area contributed by atoms with Crippen molar-refractivity contribution in [1.29, 1.82) is 0 Å². The molecule has 0 amide bonds. The van der Waals surface area contributed by atoms with Crippen LogP contribution >= 0.6 is 0 Å². The van der Waals surface area contributed by atoms with Crippen molar-refractivity contribution >= 4 is 0 Å². The largest absolute Gasteiger partial charge is 0.462 e. The van der Waals surface area contributed by atoms with Gasteiger partial charge in [0.1, 0.15) is 18.1 Å². The van der Waals surface area contributed by atoms with Crippen LogP contribution in [0.3, 0.4) is 0 Å². The highest BCUT2D eigenvalue weighted by atomic mass is 16.5. The number of rotatable bonds is 9. The number of methoxy groups -OCH3 is 1. The lowest BCUT2D eigenvalue weighted by atomic mass is 10.2. The van der Waals surface area contributed by atoms with E-state index in [0.717, 1.165) is 31.0 Å². The first-order valence-corrected chi connectivity index (χ1v) is 6.13. The summed E-state index contributed by atoms with van der Waals surface area (Å²) < 4.78 is 16.0. The highest BCUT2D eigenvalue weighted by Crippen LogP contribution is 2.15. The minimum Gasteiger partial charge on any atom is -0.462 e. The Morgan fingerprint density at radius 3 is 2.88 bits per heavy atom. The molecule has 0 aliphatic rings. The highest BCUT2D eigenvalue weighted by molar-refractivity contribution is 5.19. The maximum atomic E-state index is 5.71. The molecular formula is C13H23NO3. The molecule has 4 nitrogen and oxygen atoms in total. The van der Waals surface area contributed by atoms with Gasteiger partial charge in [-0.25, -0.2) is 0 Å². The number of nitrogens with one attached hydrogen (secondary N) is 1. The van der Waals surface area contributed by atoms with Crippen LogP contribution in [0.1, 0.15) is 30.4 Å². The molecule has 0 atom stereocenters. The molecular weight excluding hydrogens is 218 g/mol. The lowest BCUT2D eigenvalue weighted by molar-refractivity contribution is 0.0533. The Balaban J connectivity index is 2.33. The number of furan rings is 1. The number of aryl methyl sites for hydroxylation is 1. The summed E-state index contributed by atoms with van der Waals surface area (Å²) in [6.45, 7) is 7.74. The van der Waals surface area contributed by atoms with Crippen LogP contribution in [0, 0.1) is 6.92 Å². The van der Waals surface area contributed by atoms with E-state index < -0.39 is 0 Å². The summed E-state index contributed by atoms with van der Waals surface area (Å²) in [7, 11) is 1.66. The van der Waals surface area contributed by atoms with E-state index in [0.29, 0.717) is 19.8 Å². The van der Waals surface area contributed by atoms with E-state index >= 15 is 0 Å². The second kappa shape index (κ2) is 8.28. The van der Waals surface area contributed by atoms with E-state index in [1.807, 2.05) is 6.07 Å². The molecule has 98 valence electrons. The maximum Gasteiger partial charge on any atom is 0.130 e. The summed E-state index contributed by atoms with van der Waals surface area (Å²) in [5, 5.41) is 3.33. The van der Waals surface area contributed by atoms with Crippen LogP contribution in [0.2, 0.25) is 0 Å². The van der Waals surface area contributed by atoms with Gasteiger partial charge in [0.15, 0.2) is 0 Å². The lowest BCUT2D eigenvalue weighted by Crippen LogP contribution is -2.13. The summed E-state index contributed by atoms with van der Waals surface area (Å²) in [5.41, 5.74) is 1.18. The minimum atomic E-state index is 0.512. The third kappa shape index (κ3) is 5.35. The second-order valence-corrected chi connectivity index (χ2v) is 4.04. The Morgan fingerprint density at radius 1 is 1.35 bits per heavy atom. The van der Waals surface area contributed by atoms with Gasteiger partial charge in [-0.15, -0.1) is 0 Å². The van der Waals surface area contributed by atoms with Crippen LogP contribution in [0.25, 0.3) is 0 Å². The number of hydrogen-bond acceptors (Lipinski definition) is 4. The van der Waals surface area contributed by atoms with Crippen LogP contribution in [-0.4, -0.2) is 26.9 Å². The topological polar surface area (TPSA) is 43.6 Å². The first kappa shape index (κ1) is 14.2. The standard InChI is InChI=1S/C13H23NO3/c1-4-5-14-9-13-11(2)8-12(17-13)10-16-7-6-15-3/h8,14H,4-7,9-10H2,1-3H3. The van der Waals surface area contributed by atoms with Crippen LogP contribution in [0.5, 0.6) is 0 Å². The van der Waals surface area contributed by atoms with Crippen molar-refractivity contribution in [3.63, 3.8) is 0 Å². The monoisotopic (exact) mass is 241 g/mol. The summed E-state index contributed by atoms with van der Waals surface area (Å²) in [5.74, 6) is 1.88. The molecule has 1 aromatic rings. The SMILES string of the molecule is CCCNCc1oc(COCCOC)cc1C. The third-order valence-electron chi connectivity index (χ3n) is 2.46. The Hall–Kier alpha value is -0.840. The molecule has 1 N–H and O–H groups in total. The molecule has 0 bridgehead atoms. The van der Waals surface area contributed by atoms with Gasteiger partial charge in [-0.3, -0.25) is 0 Å². The molecule has 0 fully saturated rings. The zero-order valence-electron chi connectivity index (χ0n) is 11.0. The Labute approximate surface area is 103 Å². The summed E-state index contributed by atoms with van der Waals surface area (Å²) in [4.78, 5) is 0. The summed E-state index contributed by atoms with van der Waals surface area (Å²) in [6, 6.07) is 2.04. The van der Waals surface area contributed by atoms with Gasteiger partial charge >= 0.3 is 0 Å². The lowest BCUT2D eigenvalue weighted by Gasteiger charge is -2.02. The first-order valence-electron chi connectivity index (χ1n) is 6.13. The van der Waals surface area contributed by atoms with E-state index in [1.165, 1.54) is 5.56 Å². The smallest absolute Gasteiger partial charge is 0.130 e. The van der Waals surface area contributed by atoms with Gasteiger partial charge in [0, 0.05) is 7.11 Å². The molecule has 0 aliphatic heterocycles. The molecule has 1 rings (SSSR count). The molecule has 0 radical (unpaired) electrons. The fourth-order valence-corrected chi connectivity index (χ4v) is 1.53. The molecule has 0 aromatic carbocycles. The Kier molecular flexibility index (Phi) is 6.93. The van der Waals surface area contributed by atoms with E-state index in [9.17, 15) is 0 Å². The minimum absolute atomic E-state index is 0.512. The zero-order valence-corrected chi connectivity index (χ0v) is 11.0. The van der Waals surface area contributed by atoms with Crippen molar-refractivity contribution in [3.05, 3.63) is 23.2 Å². The van der Waals surface area contributed by atoms with Crippen molar-refractivity contribution < 1.29 is 13.9 Å². The van der Waals surface area contributed by atoms with E-state index in [1.54, 1.807) is 7.11 Å². The number of ether oxygens (including phenoxy) is 2. The molecule has 0 unspecified atom stereocenters. The zero-order chi connectivity index (χ0) is 12.5. The molecule has 0 spiro atoms. The molecule has 1 aromatic heterocycles. The predicted octanol–water partition coefficient (Wildman–Crippen LogP) is 2.25.